The van der Waals surface area contributed by atoms with Crippen molar-refractivity contribution in [1.82, 2.24) is 19.7 Å². The Balaban J connectivity index is 1.40. The maximum Gasteiger partial charge on any atom is 0.267 e. The van der Waals surface area contributed by atoms with E-state index >= 15 is 0 Å². The summed E-state index contributed by atoms with van der Waals surface area (Å²) in [6.45, 7) is 11.1. The fourth-order valence-corrected chi connectivity index (χ4v) is 3.21. The second-order valence-corrected chi connectivity index (χ2v) is 6.45. The Bertz CT molecular complexity index is 540. The molecule has 2 N–H and O–H groups in total. The molecule has 1 aromatic heterocycles. The first kappa shape index (κ1) is 17.3. The number of pyridine rings is 1. The molecular weight excluding hydrogens is 306 g/mol. The van der Waals surface area contributed by atoms with Crippen LogP contribution in [-0.4, -0.2) is 91.2 Å². The monoisotopic (exact) mass is 333 g/mol. The van der Waals surface area contributed by atoms with Crippen LogP contribution in [0.3, 0.4) is 0 Å². The van der Waals surface area contributed by atoms with Crippen molar-refractivity contribution in [2.45, 2.75) is 6.54 Å². The average Bonchev–Trinajstić information content (AvgIpc) is 2.62. The number of amides is 1. The number of ether oxygens (including phenoxy) is 1. The largest absolute Gasteiger partial charge is 0.379 e. The van der Waals surface area contributed by atoms with Crippen molar-refractivity contribution in [3.8, 4) is 0 Å². The minimum Gasteiger partial charge on any atom is -0.379 e. The zero-order valence-electron chi connectivity index (χ0n) is 14.2. The van der Waals surface area contributed by atoms with Gasteiger partial charge in [-0.15, -0.1) is 0 Å². The van der Waals surface area contributed by atoms with Crippen molar-refractivity contribution in [3.63, 3.8) is 0 Å². The van der Waals surface area contributed by atoms with Gasteiger partial charge in [0.05, 0.1) is 18.9 Å². The number of carbonyl (C=O) groups excluding carboxylic acids is 1. The molecular formula is C17H27N5O2. The molecule has 0 spiro atoms. The molecule has 0 saturated carbocycles. The lowest BCUT2D eigenvalue weighted by molar-refractivity contribution is 0.0296. The van der Waals surface area contributed by atoms with Crippen LogP contribution in [0, 0.1) is 0 Å². The van der Waals surface area contributed by atoms with E-state index < -0.39 is 5.91 Å². The first-order chi connectivity index (χ1) is 11.7. The Labute approximate surface area is 143 Å². The summed E-state index contributed by atoms with van der Waals surface area (Å²) in [6, 6.07) is 5.47. The Hall–Kier alpha value is -1.54. The number of morpholine rings is 1. The molecule has 2 fully saturated rings. The van der Waals surface area contributed by atoms with Gasteiger partial charge in [0.15, 0.2) is 0 Å². The summed E-state index contributed by atoms with van der Waals surface area (Å²) in [4.78, 5) is 22.9. The third-order valence-corrected chi connectivity index (χ3v) is 4.75. The molecule has 0 aliphatic carbocycles. The van der Waals surface area contributed by atoms with Crippen molar-refractivity contribution in [3.05, 3.63) is 29.6 Å². The summed E-state index contributed by atoms with van der Waals surface area (Å²) in [5, 5.41) is 0. The van der Waals surface area contributed by atoms with Gasteiger partial charge in [-0.2, -0.15) is 0 Å². The molecule has 0 aromatic carbocycles. The number of carbonyl (C=O) groups is 1. The van der Waals surface area contributed by atoms with Crippen molar-refractivity contribution >= 4 is 5.91 Å². The van der Waals surface area contributed by atoms with Crippen molar-refractivity contribution < 1.29 is 9.53 Å². The number of piperazine rings is 1. The van der Waals surface area contributed by atoms with Gasteiger partial charge >= 0.3 is 0 Å². The highest BCUT2D eigenvalue weighted by atomic mass is 16.5. The van der Waals surface area contributed by atoms with Gasteiger partial charge in [-0.05, 0) is 12.1 Å². The summed E-state index contributed by atoms with van der Waals surface area (Å²) in [7, 11) is 0. The molecule has 3 rings (SSSR count). The average molecular weight is 333 g/mol. The summed E-state index contributed by atoms with van der Waals surface area (Å²) in [6.07, 6.45) is 0. The normalized spacial score (nSPS) is 21.0. The van der Waals surface area contributed by atoms with Crippen molar-refractivity contribution in [2.75, 3.05) is 65.6 Å². The molecule has 132 valence electrons. The molecule has 3 heterocycles. The van der Waals surface area contributed by atoms with Crippen LogP contribution >= 0.6 is 0 Å². The van der Waals surface area contributed by atoms with E-state index in [2.05, 4.69) is 19.7 Å². The van der Waals surface area contributed by atoms with Gasteiger partial charge in [-0.3, -0.25) is 19.5 Å². The van der Waals surface area contributed by atoms with E-state index in [1.54, 1.807) is 6.07 Å². The van der Waals surface area contributed by atoms with E-state index in [4.69, 9.17) is 10.5 Å². The van der Waals surface area contributed by atoms with Crippen LogP contribution in [0.4, 0.5) is 0 Å². The van der Waals surface area contributed by atoms with Gasteiger partial charge in [0.2, 0.25) is 0 Å². The molecule has 0 bridgehead atoms. The minimum atomic E-state index is -0.468. The number of primary amides is 1. The summed E-state index contributed by atoms with van der Waals surface area (Å²) in [5.74, 6) is -0.468. The molecule has 7 nitrogen and oxygen atoms in total. The minimum absolute atomic E-state index is 0.344. The van der Waals surface area contributed by atoms with Crippen molar-refractivity contribution in [1.29, 1.82) is 0 Å². The van der Waals surface area contributed by atoms with Gasteiger partial charge in [0.25, 0.3) is 5.91 Å². The van der Waals surface area contributed by atoms with Gasteiger partial charge in [0.1, 0.15) is 5.69 Å². The van der Waals surface area contributed by atoms with Crippen LogP contribution in [-0.2, 0) is 11.3 Å². The second-order valence-electron chi connectivity index (χ2n) is 6.45. The summed E-state index contributed by atoms with van der Waals surface area (Å²) < 4.78 is 5.39. The van der Waals surface area contributed by atoms with Crippen LogP contribution in [0.2, 0.25) is 0 Å². The highest BCUT2D eigenvalue weighted by molar-refractivity contribution is 5.90. The molecule has 1 amide bonds. The Morgan fingerprint density at radius 1 is 1.00 bits per heavy atom. The van der Waals surface area contributed by atoms with E-state index in [1.165, 1.54) is 0 Å². The zero-order chi connectivity index (χ0) is 16.8. The Kier molecular flexibility index (Phi) is 6.14. The summed E-state index contributed by atoms with van der Waals surface area (Å²) in [5.41, 5.74) is 6.55. The molecule has 2 aliphatic heterocycles. The van der Waals surface area contributed by atoms with Gasteiger partial charge in [-0.1, -0.05) is 6.07 Å². The lowest BCUT2D eigenvalue weighted by atomic mass is 10.2. The number of aromatic nitrogens is 1. The zero-order valence-corrected chi connectivity index (χ0v) is 14.2. The van der Waals surface area contributed by atoms with Crippen LogP contribution in [0.5, 0.6) is 0 Å². The van der Waals surface area contributed by atoms with Gasteiger partial charge in [0, 0.05) is 58.9 Å². The molecule has 7 heteroatoms. The quantitative estimate of drug-likeness (QED) is 0.766. The van der Waals surface area contributed by atoms with E-state index in [-0.39, 0.29) is 0 Å². The van der Waals surface area contributed by atoms with Crippen LogP contribution < -0.4 is 5.73 Å². The van der Waals surface area contributed by atoms with E-state index in [0.29, 0.717) is 5.69 Å². The standard InChI is InChI=1S/C17H27N5O2/c18-17(23)16-3-1-2-15(19-16)14-22-8-6-20(7-9-22)4-5-21-10-12-24-13-11-21/h1-3H,4-14H2,(H2,18,23). The van der Waals surface area contributed by atoms with E-state index in [1.807, 2.05) is 12.1 Å². The Morgan fingerprint density at radius 2 is 1.62 bits per heavy atom. The molecule has 2 saturated heterocycles. The van der Waals surface area contributed by atoms with Crippen LogP contribution in [0.15, 0.2) is 18.2 Å². The highest BCUT2D eigenvalue weighted by Gasteiger charge is 2.19. The third kappa shape index (κ3) is 4.98. The molecule has 0 unspecified atom stereocenters. The van der Waals surface area contributed by atoms with Crippen LogP contribution in [0.1, 0.15) is 16.2 Å². The number of hydrogen-bond acceptors (Lipinski definition) is 6. The first-order valence-electron chi connectivity index (χ1n) is 8.71. The molecule has 0 atom stereocenters. The number of nitrogens with two attached hydrogens (primary N) is 1. The number of nitrogens with zero attached hydrogens (tertiary/aromatic N) is 4. The number of rotatable bonds is 6. The smallest absolute Gasteiger partial charge is 0.267 e. The topological polar surface area (TPSA) is 74.9 Å². The highest BCUT2D eigenvalue weighted by Crippen LogP contribution is 2.08. The third-order valence-electron chi connectivity index (χ3n) is 4.75. The maximum absolute atomic E-state index is 11.2. The van der Waals surface area contributed by atoms with Crippen molar-refractivity contribution in [2.24, 2.45) is 5.73 Å². The van der Waals surface area contributed by atoms with Gasteiger partial charge < -0.3 is 10.5 Å². The predicted octanol–water partition coefficient (Wildman–Crippen LogP) is -0.370. The lowest BCUT2D eigenvalue weighted by Crippen LogP contribution is -2.49. The second kappa shape index (κ2) is 8.53. The molecule has 24 heavy (non-hydrogen) atoms. The van der Waals surface area contributed by atoms with Gasteiger partial charge in [-0.25, -0.2) is 4.98 Å². The van der Waals surface area contributed by atoms with E-state index in [9.17, 15) is 4.79 Å². The molecule has 2 aliphatic rings. The summed E-state index contributed by atoms with van der Waals surface area (Å²) >= 11 is 0. The van der Waals surface area contributed by atoms with E-state index in [0.717, 1.165) is 77.8 Å². The molecule has 1 aromatic rings. The lowest BCUT2D eigenvalue weighted by Gasteiger charge is -2.36. The molecule has 0 radical (unpaired) electrons. The predicted molar refractivity (Wildman–Crippen MR) is 91.7 cm³/mol. The number of hydrogen-bond donors (Lipinski definition) is 1. The SMILES string of the molecule is NC(=O)c1cccc(CN2CCN(CCN3CCOCC3)CC2)n1. The fourth-order valence-electron chi connectivity index (χ4n) is 3.21. The fraction of sp³-hybridized carbons (Fsp3) is 0.647. The first-order valence-corrected chi connectivity index (χ1v) is 8.71. The Morgan fingerprint density at radius 3 is 2.29 bits per heavy atom. The maximum atomic E-state index is 11.2. The van der Waals surface area contributed by atoms with Crippen LogP contribution in [0.25, 0.3) is 0 Å².